The van der Waals surface area contributed by atoms with Gasteiger partial charge in [-0.1, -0.05) is 0 Å². The molecule has 1 aliphatic heterocycles. The summed E-state index contributed by atoms with van der Waals surface area (Å²) in [6.45, 7) is 2.88. The Morgan fingerprint density at radius 3 is 2.00 bits per heavy atom. The van der Waals surface area contributed by atoms with Gasteiger partial charge in [0.1, 0.15) is 6.61 Å². The molecule has 0 saturated heterocycles. The molecule has 2 nitrogen and oxygen atoms in total. The first-order valence-corrected chi connectivity index (χ1v) is 5.00. The Bertz CT molecular complexity index is 451. The van der Waals surface area contributed by atoms with E-state index in [1.807, 2.05) is 0 Å². The third kappa shape index (κ3) is 1.54. The summed E-state index contributed by atoms with van der Waals surface area (Å²) in [6, 6.07) is 0. The number of halogens is 6. The van der Waals surface area contributed by atoms with Gasteiger partial charge in [0.05, 0.1) is 11.1 Å². The molecule has 0 radical (unpaired) electrons. The van der Waals surface area contributed by atoms with Gasteiger partial charge >= 0.3 is 17.8 Å². The lowest BCUT2D eigenvalue weighted by Gasteiger charge is -2.24. The van der Waals surface area contributed by atoms with Crippen molar-refractivity contribution >= 4 is 5.90 Å². The zero-order valence-electron chi connectivity index (χ0n) is 9.41. The van der Waals surface area contributed by atoms with E-state index in [1.165, 1.54) is 13.8 Å². The van der Waals surface area contributed by atoms with Crippen LogP contribution in [0.15, 0.2) is 16.6 Å². The summed E-state index contributed by atoms with van der Waals surface area (Å²) in [5.74, 6) is -16.3. The highest BCUT2D eigenvalue weighted by Crippen LogP contribution is 2.56. The number of allylic oxidation sites excluding steroid dienone is 1. The zero-order chi connectivity index (χ0) is 14.0. The van der Waals surface area contributed by atoms with Crippen molar-refractivity contribution in [2.75, 3.05) is 6.61 Å². The van der Waals surface area contributed by atoms with Gasteiger partial charge in [-0.3, -0.25) is 0 Å². The number of ether oxygens (including phenoxy) is 1. The lowest BCUT2D eigenvalue weighted by atomic mass is 10.1. The first-order valence-electron chi connectivity index (χ1n) is 5.00. The standard InChI is InChI=1S/C10H9F6NO/c1-7(2)4-18-6(17-7)5-3-8(11,12)10(15,16)9(5,13)14/h3H,4H2,1-2H3. The van der Waals surface area contributed by atoms with Crippen molar-refractivity contribution in [1.29, 1.82) is 0 Å². The number of alkyl halides is 6. The van der Waals surface area contributed by atoms with Crippen molar-refractivity contribution in [2.24, 2.45) is 4.99 Å². The SMILES string of the molecule is CC1(C)COC(C2=CC(F)(F)C(F)(F)C2(F)F)=N1. The number of rotatable bonds is 1. The molecule has 102 valence electrons. The van der Waals surface area contributed by atoms with Gasteiger partial charge in [0.2, 0.25) is 5.90 Å². The molecule has 0 unspecified atom stereocenters. The van der Waals surface area contributed by atoms with Crippen LogP contribution in [0, 0.1) is 0 Å². The average Bonchev–Trinajstić information content (AvgIpc) is 2.58. The Morgan fingerprint density at radius 1 is 1.11 bits per heavy atom. The molecule has 1 aliphatic carbocycles. The van der Waals surface area contributed by atoms with Crippen molar-refractivity contribution in [3.05, 3.63) is 11.6 Å². The first kappa shape index (κ1) is 13.2. The summed E-state index contributed by atoms with van der Waals surface area (Å²) < 4.78 is 83.0. The smallest absolute Gasteiger partial charge is 0.380 e. The second-order valence-electron chi connectivity index (χ2n) is 4.85. The van der Waals surface area contributed by atoms with E-state index in [0.29, 0.717) is 0 Å². The number of hydrogen-bond donors (Lipinski definition) is 0. The van der Waals surface area contributed by atoms with Gasteiger partial charge in [0.25, 0.3) is 0 Å². The average molecular weight is 273 g/mol. The van der Waals surface area contributed by atoms with E-state index in [1.54, 1.807) is 0 Å². The van der Waals surface area contributed by atoms with E-state index in [2.05, 4.69) is 4.99 Å². The molecule has 0 N–H and O–H groups in total. The van der Waals surface area contributed by atoms with Crippen LogP contribution in [0.5, 0.6) is 0 Å². The van der Waals surface area contributed by atoms with Gasteiger partial charge in [-0.15, -0.1) is 0 Å². The van der Waals surface area contributed by atoms with E-state index < -0.39 is 40.9 Å². The van der Waals surface area contributed by atoms with Crippen LogP contribution in [-0.4, -0.2) is 35.8 Å². The Balaban J connectivity index is 2.48. The molecule has 0 aromatic rings. The minimum atomic E-state index is -5.48. The van der Waals surface area contributed by atoms with E-state index in [9.17, 15) is 26.3 Å². The second kappa shape index (κ2) is 3.21. The third-order valence-electron chi connectivity index (χ3n) is 2.67. The highest BCUT2D eigenvalue weighted by molar-refractivity contribution is 5.97. The van der Waals surface area contributed by atoms with Gasteiger partial charge in [-0.05, 0) is 13.8 Å². The molecule has 0 aromatic heterocycles. The maximum absolute atomic E-state index is 13.3. The molecule has 0 spiro atoms. The van der Waals surface area contributed by atoms with Gasteiger partial charge in [0.15, 0.2) is 0 Å². The molecule has 2 aliphatic rings. The van der Waals surface area contributed by atoms with Crippen molar-refractivity contribution < 1.29 is 31.1 Å². The molecule has 1 heterocycles. The predicted octanol–water partition coefficient (Wildman–Crippen LogP) is 3.04. The fourth-order valence-corrected chi connectivity index (χ4v) is 1.66. The molecule has 18 heavy (non-hydrogen) atoms. The summed E-state index contributed by atoms with van der Waals surface area (Å²) in [7, 11) is 0. The Hall–Kier alpha value is -1.21. The van der Waals surface area contributed by atoms with Gasteiger partial charge < -0.3 is 4.74 Å². The van der Waals surface area contributed by atoms with Crippen LogP contribution in [0.1, 0.15) is 13.8 Å². The van der Waals surface area contributed by atoms with E-state index in [4.69, 9.17) is 4.74 Å². The molecule has 2 rings (SSSR count). The molecule has 0 bridgehead atoms. The van der Waals surface area contributed by atoms with Crippen LogP contribution in [0.4, 0.5) is 26.3 Å². The van der Waals surface area contributed by atoms with Crippen LogP contribution in [0.2, 0.25) is 0 Å². The molecular formula is C10H9F6NO. The minimum Gasteiger partial charge on any atom is -0.475 e. The monoisotopic (exact) mass is 273 g/mol. The number of aliphatic imine (C=N–C) groups is 1. The summed E-state index contributed by atoms with van der Waals surface area (Å²) in [4.78, 5) is 3.61. The summed E-state index contributed by atoms with van der Waals surface area (Å²) in [6.07, 6.45) is -0.465. The van der Waals surface area contributed by atoms with Crippen LogP contribution in [0.25, 0.3) is 0 Å². The molecule has 8 heteroatoms. The molecule has 0 aromatic carbocycles. The minimum absolute atomic E-state index is 0.132. The van der Waals surface area contributed by atoms with Crippen molar-refractivity contribution in [1.82, 2.24) is 0 Å². The quantitative estimate of drug-likeness (QED) is 0.673. The molecular weight excluding hydrogens is 264 g/mol. The lowest BCUT2D eigenvalue weighted by Crippen LogP contribution is -2.49. The lowest BCUT2D eigenvalue weighted by molar-refractivity contribution is -0.261. The fraction of sp³-hybridized carbons (Fsp3) is 0.700. The van der Waals surface area contributed by atoms with Crippen LogP contribution >= 0.6 is 0 Å². The van der Waals surface area contributed by atoms with Gasteiger partial charge in [-0.25, -0.2) is 4.99 Å². The predicted molar refractivity (Wildman–Crippen MR) is 50.4 cm³/mol. The summed E-state index contributed by atoms with van der Waals surface area (Å²) in [5, 5.41) is 0. The normalized spacial score (nSPS) is 30.7. The fourth-order valence-electron chi connectivity index (χ4n) is 1.66. The van der Waals surface area contributed by atoms with Crippen molar-refractivity contribution in [3.63, 3.8) is 0 Å². The van der Waals surface area contributed by atoms with E-state index in [0.717, 1.165) is 0 Å². The number of hydrogen-bond acceptors (Lipinski definition) is 2. The first-order chi connectivity index (χ1) is 7.91. The highest BCUT2D eigenvalue weighted by Gasteiger charge is 2.77. The topological polar surface area (TPSA) is 21.6 Å². The van der Waals surface area contributed by atoms with Crippen molar-refractivity contribution in [3.8, 4) is 0 Å². The Morgan fingerprint density at radius 2 is 1.67 bits per heavy atom. The van der Waals surface area contributed by atoms with Crippen LogP contribution in [-0.2, 0) is 4.74 Å². The van der Waals surface area contributed by atoms with Crippen molar-refractivity contribution in [2.45, 2.75) is 37.2 Å². The largest absolute Gasteiger partial charge is 0.475 e. The third-order valence-corrected chi connectivity index (χ3v) is 2.67. The molecule has 0 fully saturated rings. The maximum Gasteiger partial charge on any atom is 0.380 e. The van der Waals surface area contributed by atoms with Gasteiger partial charge in [-0.2, -0.15) is 26.3 Å². The summed E-state index contributed by atoms with van der Waals surface area (Å²) in [5.41, 5.74) is -2.46. The number of nitrogens with zero attached hydrogens (tertiary/aromatic N) is 1. The summed E-state index contributed by atoms with van der Waals surface area (Å²) >= 11 is 0. The maximum atomic E-state index is 13.3. The second-order valence-corrected chi connectivity index (χ2v) is 4.85. The van der Waals surface area contributed by atoms with E-state index in [-0.39, 0.29) is 6.61 Å². The molecule has 0 amide bonds. The van der Waals surface area contributed by atoms with E-state index >= 15 is 0 Å². The van der Waals surface area contributed by atoms with Crippen LogP contribution in [0.3, 0.4) is 0 Å². The molecule has 0 atom stereocenters. The Labute approximate surface area is 98.3 Å². The Kier molecular flexibility index (Phi) is 2.36. The molecule has 0 saturated carbocycles. The van der Waals surface area contributed by atoms with Crippen LogP contribution < -0.4 is 0 Å². The van der Waals surface area contributed by atoms with Gasteiger partial charge in [0, 0.05) is 6.08 Å². The highest BCUT2D eigenvalue weighted by atomic mass is 19.3. The zero-order valence-corrected chi connectivity index (χ0v) is 9.41.